The van der Waals surface area contributed by atoms with Crippen molar-refractivity contribution in [2.45, 2.75) is 24.9 Å². The molecule has 0 atom stereocenters. The summed E-state index contributed by atoms with van der Waals surface area (Å²) in [5, 5.41) is 4.50. The van der Waals surface area contributed by atoms with Crippen LogP contribution in [0.2, 0.25) is 0 Å². The van der Waals surface area contributed by atoms with Crippen molar-refractivity contribution >= 4 is 15.9 Å². The summed E-state index contributed by atoms with van der Waals surface area (Å²) in [6.45, 7) is 3.97. The summed E-state index contributed by atoms with van der Waals surface area (Å²) in [6, 6.07) is 12.8. The summed E-state index contributed by atoms with van der Waals surface area (Å²) in [7, 11) is -3.97. The van der Waals surface area contributed by atoms with Crippen LogP contribution in [0, 0.1) is 13.8 Å². The Morgan fingerprint density at radius 1 is 0.912 bits per heavy atom. The van der Waals surface area contributed by atoms with E-state index >= 15 is 0 Å². The molecule has 0 radical (unpaired) electrons. The first-order valence-electron chi connectivity index (χ1n) is 10.6. The normalized spacial score (nSPS) is 15.5. The molecular weight excluding hydrogens is 469 g/mol. The summed E-state index contributed by atoms with van der Waals surface area (Å²) in [5.41, 5.74) is 1.65. The minimum atomic E-state index is -4.54. The van der Waals surface area contributed by atoms with Crippen molar-refractivity contribution in [1.29, 1.82) is 0 Å². The zero-order chi connectivity index (χ0) is 24.7. The number of hydrogen-bond donors (Lipinski definition) is 0. The Balaban J connectivity index is 1.48. The van der Waals surface area contributed by atoms with Crippen LogP contribution in [0.1, 0.15) is 27.3 Å². The number of carbonyl (C=O) groups excluding carboxylic acids is 1. The lowest BCUT2D eigenvalue weighted by Crippen LogP contribution is -2.50. The second-order valence-electron chi connectivity index (χ2n) is 8.01. The van der Waals surface area contributed by atoms with Crippen LogP contribution in [0.5, 0.6) is 0 Å². The molecule has 1 aromatic heterocycles. The zero-order valence-electron chi connectivity index (χ0n) is 18.6. The number of rotatable bonds is 4. The second kappa shape index (κ2) is 8.88. The Labute approximate surface area is 195 Å². The van der Waals surface area contributed by atoms with Crippen LogP contribution in [0.25, 0.3) is 5.69 Å². The maximum atomic E-state index is 13.2. The number of carbonyl (C=O) groups is 1. The van der Waals surface area contributed by atoms with E-state index in [1.54, 1.807) is 16.5 Å². The summed E-state index contributed by atoms with van der Waals surface area (Å²) in [5.74, 6) is -0.233. The molecule has 1 saturated heterocycles. The Kier molecular flexibility index (Phi) is 6.26. The van der Waals surface area contributed by atoms with Gasteiger partial charge in [-0.2, -0.15) is 22.6 Å². The topological polar surface area (TPSA) is 75.5 Å². The van der Waals surface area contributed by atoms with Crippen LogP contribution in [0.3, 0.4) is 0 Å². The van der Waals surface area contributed by atoms with Gasteiger partial charge in [-0.1, -0.05) is 18.2 Å². The standard InChI is InChI=1S/C23H23F3N4O3S/c1-16-21(17(2)30(27-16)19-6-4-3-5-7-19)22(31)28-12-14-29(15-13-28)34(32,33)20-10-8-18(9-11-20)23(24,25)26/h3-11H,12-15H2,1-2H3. The lowest BCUT2D eigenvalue weighted by atomic mass is 10.1. The fraction of sp³-hybridized carbons (Fsp3) is 0.304. The van der Waals surface area contributed by atoms with E-state index in [9.17, 15) is 26.4 Å². The molecule has 180 valence electrons. The molecule has 11 heteroatoms. The Morgan fingerprint density at radius 3 is 2.06 bits per heavy atom. The van der Waals surface area contributed by atoms with Crippen molar-refractivity contribution in [3.63, 3.8) is 0 Å². The van der Waals surface area contributed by atoms with E-state index in [1.165, 1.54) is 4.31 Å². The third-order valence-corrected chi connectivity index (χ3v) is 7.76. The molecule has 34 heavy (non-hydrogen) atoms. The van der Waals surface area contributed by atoms with Gasteiger partial charge in [0.1, 0.15) is 0 Å². The lowest BCUT2D eigenvalue weighted by molar-refractivity contribution is -0.137. The van der Waals surface area contributed by atoms with Gasteiger partial charge in [0.05, 0.1) is 33.1 Å². The molecule has 0 aliphatic carbocycles. The van der Waals surface area contributed by atoms with E-state index in [1.807, 2.05) is 37.3 Å². The molecule has 0 saturated carbocycles. The van der Waals surface area contributed by atoms with Crippen LogP contribution >= 0.6 is 0 Å². The van der Waals surface area contributed by atoms with Gasteiger partial charge in [0.15, 0.2) is 0 Å². The van der Waals surface area contributed by atoms with Crippen LogP contribution in [0.15, 0.2) is 59.5 Å². The molecule has 1 aliphatic rings. The van der Waals surface area contributed by atoms with E-state index in [0.717, 1.165) is 30.0 Å². The monoisotopic (exact) mass is 492 g/mol. The smallest absolute Gasteiger partial charge is 0.336 e. The van der Waals surface area contributed by atoms with Crippen molar-refractivity contribution in [3.8, 4) is 5.69 Å². The van der Waals surface area contributed by atoms with Gasteiger partial charge in [0.2, 0.25) is 10.0 Å². The van der Waals surface area contributed by atoms with Gasteiger partial charge in [-0.05, 0) is 50.2 Å². The van der Waals surface area contributed by atoms with Gasteiger partial charge >= 0.3 is 6.18 Å². The third kappa shape index (κ3) is 4.45. The van der Waals surface area contributed by atoms with E-state index in [0.29, 0.717) is 17.0 Å². The number of amides is 1. The highest BCUT2D eigenvalue weighted by Gasteiger charge is 2.34. The molecule has 2 heterocycles. The number of benzene rings is 2. The van der Waals surface area contributed by atoms with E-state index in [2.05, 4.69) is 5.10 Å². The predicted octanol–water partition coefficient (Wildman–Crippen LogP) is 3.65. The minimum Gasteiger partial charge on any atom is -0.336 e. The number of halogens is 3. The highest BCUT2D eigenvalue weighted by atomic mass is 32.2. The molecule has 0 N–H and O–H groups in total. The van der Waals surface area contributed by atoms with Gasteiger partial charge in [0, 0.05) is 26.2 Å². The molecule has 1 fully saturated rings. The van der Waals surface area contributed by atoms with Crippen molar-refractivity contribution in [2.24, 2.45) is 0 Å². The van der Waals surface area contributed by atoms with E-state index in [-0.39, 0.29) is 37.0 Å². The first-order valence-corrected chi connectivity index (χ1v) is 12.0. The van der Waals surface area contributed by atoms with Crippen LogP contribution in [-0.4, -0.2) is 59.5 Å². The zero-order valence-corrected chi connectivity index (χ0v) is 19.4. The summed E-state index contributed by atoms with van der Waals surface area (Å²) < 4.78 is 67.0. The van der Waals surface area contributed by atoms with Crippen LogP contribution in [-0.2, 0) is 16.2 Å². The lowest BCUT2D eigenvalue weighted by Gasteiger charge is -2.34. The largest absolute Gasteiger partial charge is 0.416 e. The number of alkyl halides is 3. The second-order valence-corrected chi connectivity index (χ2v) is 9.95. The molecule has 0 unspecified atom stereocenters. The van der Waals surface area contributed by atoms with Crippen LogP contribution < -0.4 is 0 Å². The number of aryl methyl sites for hydroxylation is 1. The molecule has 1 amide bonds. The van der Waals surface area contributed by atoms with Crippen molar-refractivity contribution in [2.75, 3.05) is 26.2 Å². The van der Waals surface area contributed by atoms with E-state index < -0.39 is 21.8 Å². The SMILES string of the molecule is Cc1nn(-c2ccccc2)c(C)c1C(=O)N1CCN(S(=O)(=O)c2ccc(C(F)(F)F)cc2)CC1. The summed E-state index contributed by atoms with van der Waals surface area (Å²) >= 11 is 0. The van der Waals surface area contributed by atoms with Crippen molar-refractivity contribution < 1.29 is 26.4 Å². The Morgan fingerprint density at radius 2 is 1.50 bits per heavy atom. The molecule has 4 rings (SSSR count). The van der Waals surface area contributed by atoms with Crippen LogP contribution in [0.4, 0.5) is 13.2 Å². The number of nitrogens with zero attached hydrogens (tertiary/aromatic N) is 4. The van der Waals surface area contributed by atoms with Gasteiger partial charge in [-0.25, -0.2) is 13.1 Å². The molecule has 7 nitrogen and oxygen atoms in total. The summed E-state index contributed by atoms with van der Waals surface area (Å²) in [6.07, 6.45) is -4.54. The highest BCUT2D eigenvalue weighted by molar-refractivity contribution is 7.89. The fourth-order valence-electron chi connectivity index (χ4n) is 4.03. The maximum Gasteiger partial charge on any atom is 0.416 e. The number of piperazine rings is 1. The molecule has 2 aromatic carbocycles. The van der Waals surface area contributed by atoms with Crippen molar-refractivity contribution in [3.05, 3.63) is 77.1 Å². The predicted molar refractivity (Wildman–Crippen MR) is 119 cm³/mol. The molecule has 3 aromatic rings. The third-order valence-electron chi connectivity index (χ3n) is 5.85. The maximum absolute atomic E-state index is 13.2. The number of hydrogen-bond acceptors (Lipinski definition) is 4. The van der Waals surface area contributed by atoms with Crippen molar-refractivity contribution in [1.82, 2.24) is 19.0 Å². The fourth-order valence-corrected chi connectivity index (χ4v) is 5.45. The quantitative estimate of drug-likeness (QED) is 0.557. The van der Waals surface area contributed by atoms with Gasteiger partial charge in [-0.15, -0.1) is 0 Å². The average molecular weight is 493 g/mol. The summed E-state index contributed by atoms with van der Waals surface area (Å²) in [4.78, 5) is 14.6. The first-order chi connectivity index (χ1) is 16.0. The van der Waals surface area contributed by atoms with Gasteiger partial charge in [0.25, 0.3) is 5.91 Å². The molecular formula is C23H23F3N4O3S. The highest BCUT2D eigenvalue weighted by Crippen LogP contribution is 2.30. The Bertz CT molecular complexity index is 1300. The van der Waals surface area contributed by atoms with Gasteiger partial charge in [-0.3, -0.25) is 4.79 Å². The molecule has 0 spiro atoms. The Hall–Kier alpha value is -3.18. The first kappa shape index (κ1) is 24.0. The number of para-hydroxylation sites is 1. The molecule has 0 bridgehead atoms. The number of aromatic nitrogens is 2. The number of sulfonamides is 1. The van der Waals surface area contributed by atoms with Gasteiger partial charge < -0.3 is 4.90 Å². The molecule has 1 aliphatic heterocycles. The average Bonchev–Trinajstić information content (AvgIpc) is 3.12. The van der Waals surface area contributed by atoms with E-state index in [4.69, 9.17) is 0 Å². The minimum absolute atomic E-state index is 0.0417.